The topological polar surface area (TPSA) is 21.5 Å². The van der Waals surface area contributed by atoms with Crippen molar-refractivity contribution >= 4 is 5.71 Å². The minimum absolute atomic E-state index is 0.840. The third kappa shape index (κ3) is 1.61. The van der Waals surface area contributed by atoms with Crippen molar-refractivity contribution in [3.63, 3.8) is 0 Å². The van der Waals surface area contributed by atoms with Crippen molar-refractivity contribution in [2.24, 2.45) is 0 Å². The van der Waals surface area contributed by atoms with Gasteiger partial charge in [0.15, 0.2) is 17.2 Å². The molecule has 2 heterocycles. The van der Waals surface area contributed by atoms with Crippen LogP contribution >= 0.6 is 0 Å². The third-order valence-electron chi connectivity index (χ3n) is 3.79. The van der Waals surface area contributed by atoms with Crippen LogP contribution in [0.3, 0.4) is 0 Å². The maximum atomic E-state index is 5.39. The van der Waals surface area contributed by atoms with Gasteiger partial charge in [-0.25, -0.2) is 4.58 Å². The second-order valence-electron chi connectivity index (χ2n) is 4.65. The molecule has 0 bridgehead atoms. The number of benzene rings is 1. The zero-order valence-corrected chi connectivity index (χ0v) is 10.5. The van der Waals surface area contributed by atoms with E-state index in [9.17, 15) is 0 Å². The average Bonchev–Trinajstić information content (AvgIpc) is 2.85. The van der Waals surface area contributed by atoms with E-state index in [-0.39, 0.29) is 0 Å². The van der Waals surface area contributed by atoms with E-state index in [1.54, 1.807) is 14.2 Å². The smallest absolute Gasteiger partial charge is 0.183 e. The number of nitrogens with zero attached hydrogens (tertiary/aromatic N) is 1. The van der Waals surface area contributed by atoms with E-state index in [0.29, 0.717) is 0 Å². The fourth-order valence-electron chi connectivity index (χ4n) is 2.93. The molecule has 0 atom stereocenters. The first-order valence-corrected chi connectivity index (χ1v) is 6.19. The molecular weight excluding hydrogens is 214 g/mol. The van der Waals surface area contributed by atoms with Gasteiger partial charge >= 0.3 is 0 Å². The fourth-order valence-corrected chi connectivity index (χ4v) is 2.93. The highest BCUT2D eigenvalue weighted by molar-refractivity contribution is 6.00. The quantitative estimate of drug-likeness (QED) is 0.726. The Labute approximate surface area is 102 Å². The molecule has 3 nitrogen and oxygen atoms in total. The molecule has 1 aromatic rings. The molecule has 0 amide bonds. The summed E-state index contributed by atoms with van der Waals surface area (Å²) in [6, 6.07) is 4.28. The van der Waals surface area contributed by atoms with Crippen LogP contribution in [-0.4, -0.2) is 37.6 Å². The second-order valence-corrected chi connectivity index (χ2v) is 4.65. The molecule has 0 fully saturated rings. The Kier molecular flexibility index (Phi) is 2.54. The molecule has 0 spiro atoms. The molecule has 0 saturated carbocycles. The van der Waals surface area contributed by atoms with Crippen molar-refractivity contribution in [3.8, 4) is 11.5 Å². The summed E-state index contributed by atoms with van der Waals surface area (Å²) < 4.78 is 13.3. The van der Waals surface area contributed by atoms with Gasteiger partial charge in [-0.15, -0.1) is 0 Å². The lowest BCUT2D eigenvalue weighted by Gasteiger charge is -2.17. The highest BCUT2D eigenvalue weighted by atomic mass is 16.5. The molecule has 90 valence electrons. The van der Waals surface area contributed by atoms with Gasteiger partial charge in [-0.2, -0.15) is 0 Å². The van der Waals surface area contributed by atoms with Gasteiger partial charge in [0, 0.05) is 24.8 Å². The average molecular weight is 232 g/mol. The minimum atomic E-state index is 0.840. The molecule has 0 aliphatic carbocycles. The monoisotopic (exact) mass is 232 g/mol. The van der Waals surface area contributed by atoms with Crippen LogP contribution in [0.25, 0.3) is 0 Å². The Morgan fingerprint density at radius 2 is 1.76 bits per heavy atom. The molecule has 3 rings (SSSR count). The summed E-state index contributed by atoms with van der Waals surface area (Å²) in [4.78, 5) is 0. The van der Waals surface area contributed by atoms with Crippen LogP contribution in [-0.2, 0) is 6.42 Å². The van der Waals surface area contributed by atoms with Crippen molar-refractivity contribution in [1.82, 2.24) is 0 Å². The number of hydrogen-bond donors (Lipinski definition) is 0. The molecule has 2 aliphatic rings. The summed E-state index contributed by atoms with van der Waals surface area (Å²) in [5, 5.41) is 0. The Morgan fingerprint density at radius 1 is 1.00 bits per heavy atom. The van der Waals surface area contributed by atoms with E-state index in [1.807, 2.05) is 0 Å². The summed E-state index contributed by atoms with van der Waals surface area (Å²) in [7, 11) is 3.40. The SMILES string of the molecule is COc1cc2c(cc1OC)C1=[N+](CCC1)CC2. The maximum absolute atomic E-state index is 5.39. The Balaban J connectivity index is 2.13. The standard InChI is InChI=1S/C14H18NO2/c1-16-13-8-10-5-7-15-6-3-4-12(15)11(10)9-14(13)17-2/h8-9H,3-7H2,1-2H3/q+1. The largest absolute Gasteiger partial charge is 0.493 e. The van der Waals surface area contributed by atoms with E-state index in [1.165, 1.54) is 36.2 Å². The summed E-state index contributed by atoms with van der Waals surface area (Å²) in [5.74, 6) is 1.69. The summed E-state index contributed by atoms with van der Waals surface area (Å²) >= 11 is 0. The van der Waals surface area contributed by atoms with Crippen molar-refractivity contribution in [2.75, 3.05) is 27.3 Å². The van der Waals surface area contributed by atoms with Gasteiger partial charge < -0.3 is 9.47 Å². The number of hydrogen-bond acceptors (Lipinski definition) is 2. The van der Waals surface area contributed by atoms with Gasteiger partial charge in [0.05, 0.1) is 14.2 Å². The summed E-state index contributed by atoms with van der Waals surface area (Å²) in [6.07, 6.45) is 3.59. The highest BCUT2D eigenvalue weighted by Gasteiger charge is 2.30. The zero-order valence-electron chi connectivity index (χ0n) is 10.5. The third-order valence-corrected chi connectivity index (χ3v) is 3.79. The minimum Gasteiger partial charge on any atom is -0.493 e. The van der Waals surface area contributed by atoms with E-state index in [2.05, 4.69) is 16.7 Å². The molecule has 0 unspecified atom stereocenters. The van der Waals surface area contributed by atoms with Gasteiger partial charge in [-0.3, -0.25) is 0 Å². The van der Waals surface area contributed by atoms with Crippen molar-refractivity contribution < 1.29 is 14.0 Å². The van der Waals surface area contributed by atoms with E-state index in [4.69, 9.17) is 9.47 Å². The molecular formula is C14H18NO2+. The first-order chi connectivity index (χ1) is 8.33. The van der Waals surface area contributed by atoms with Gasteiger partial charge in [-0.1, -0.05) is 0 Å². The molecule has 2 aliphatic heterocycles. The van der Waals surface area contributed by atoms with Crippen LogP contribution in [0.2, 0.25) is 0 Å². The molecule has 1 aromatic carbocycles. The molecule has 3 heteroatoms. The zero-order chi connectivity index (χ0) is 11.8. The molecule has 17 heavy (non-hydrogen) atoms. The van der Waals surface area contributed by atoms with E-state index < -0.39 is 0 Å². The van der Waals surface area contributed by atoms with Gasteiger partial charge in [0.2, 0.25) is 0 Å². The van der Waals surface area contributed by atoms with Crippen molar-refractivity contribution in [2.45, 2.75) is 19.3 Å². The van der Waals surface area contributed by atoms with Crippen LogP contribution < -0.4 is 9.47 Å². The van der Waals surface area contributed by atoms with E-state index in [0.717, 1.165) is 24.5 Å². The van der Waals surface area contributed by atoms with Gasteiger partial charge in [0.25, 0.3) is 0 Å². The number of methoxy groups -OCH3 is 2. The van der Waals surface area contributed by atoms with Crippen molar-refractivity contribution in [1.29, 1.82) is 0 Å². The lowest BCUT2D eigenvalue weighted by atomic mass is 9.95. The lowest BCUT2D eigenvalue weighted by molar-refractivity contribution is -0.520. The molecule has 0 saturated heterocycles. The predicted octanol–water partition coefficient (Wildman–Crippen LogP) is 1.86. The molecule has 0 N–H and O–H groups in total. The number of ether oxygens (including phenoxy) is 2. The van der Waals surface area contributed by atoms with E-state index >= 15 is 0 Å². The Bertz CT molecular complexity index is 491. The van der Waals surface area contributed by atoms with Crippen LogP contribution in [0.15, 0.2) is 12.1 Å². The molecule has 0 aromatic heterocycles. The van der Waals surface area contributed by atoms with Crippen LogP contribution in [0.4, 0.5) is 0 Å². The first-order valence-electron chi connectivity index (χ1n) is 6.19. The summed E-state index contributed by atoms with van der Waals surface area (Å²) in [5.41, 5.74) is 4.26. The van der Waals surface area contributed by atoms with Crippen molar-refractivity contribution in [3.05, 3.63) is 23.3 Å². The normalized spacial score (nSPS) is 17.8. The Morgan fingerprint density at radius 3 is 2.53 bits per heavy atom. The predicted molar refractivity (Wildman–Crippen MR) is 66.6 cm³/mol. The Hall–Kier alpha value is -1.51. The number of rotatable bonds is 2. The lowest BCUT2D eigenvalue weighted by Crippen LogP contribution is -2.25. The fraction of sp³-hybridized carbons (Fsp3) is 0.500. The maximum Gasteiger partial charge on any atom is 0.183 e. The van der Waals surface area contributed by atoms with Crippen LogP contribution in [0.1, 0.15) is 24.0 Å². The number of fused-ring (bicyclic) bond motifs is 2. The molecule has 0 radical (unpaired) electrons. The first kappa shape index (κ1) is 10.6. The van der Waals surface area contributed by atoms with Crippen LogP contribution in [0.5, 0.6) is 11.5 Å². The second kappa shape index (κ2) is 4.06. The highest BCUT2D eigenvalue weighted by Crippen LogP contribution is 2.33. The van der Waals surface area contributed by atoms with Crippen LogP contribution in [0, 0.1) is 0 Å². The van der Waals surface area contributed by atoms with Gasteiger partial charge in [0.1, 0.15) is 13.1 Å². The summed E-state index contributed by atoms with van der Waals surface area (Å²) in [6.45, 7) is 2.36. The van der Waals surface area contributed by atoms with Gasteiger partial charge in [-0.05, 0) is 17.7 Å².